The topological polar surface area (TPSA) is 133 Å². The van der Waals surface area contributed by atoms with E-state index in [0.29, 0.717) is 5.39 Å². The van der Waals surface area contributed by atoms with Crippen LogP contribution in [-0.4, -0.2) is 31.8 Å². The highest BCUT2D eigenvalue weighted by molar-refractivity contribution is 7.90. The molecule has 1 amide bonds. The molecule has 0 aliphatic heterocycles. The van der Waals surface area contributed by atoms with Gasteiger partial charge in [0.05, 0.1) is 16.4 Å². The number of sulfonamides is 1. The number of ether oxygens (including phenoxy) is 1. The number of hydrogen-bond donors (Lipinski definition) is 1. The summed E-state index contributed by atoms with van der Waals surface area (Å²) in [7, 11) is -4.30. The summed E-state index contributed by atoms with van der Waals surface area (Å²) in [4.78, 5) is 35.7. The van der Waals surface area contributed by atoms with Gasteiger partial charge in [-0.05, 0) is 29.8 Å². The van der Waals surface area contributed by atoms with E-state index < -0.39 is 39.2 Å². The number of amides is 1. The van der Waals surface area contributed by atoms with Crippen LogP contribution in [0.5, 0.6) is 0 Å². The smallest absolute Gasteiger partial charge is 0.318 e. The van der Waals surface area contributed by atoms with Crippen molar-refractivity contribution in [2.75, 3.05) is 6.61 Å². The van der Waals surface area contributed by atoms with Crippen LogP contribution in [0, 0.1) is 16.0 Å². The molecule has 0 aromatic heterocycles. The van der Waals surface area contributed by atoms with Crippen molar-refractivity contribution < 1.29 is 27.7 Å². The molecule has 3 rings (SSSR count). The first-order valence-electron chi connectivity index (χ1n) is 9.67. The Morgan fingerprint density at radius 1 is 1.03 bits per heavy atom. The number of carbonyl (C=O) groups is 2. The van der Waals surface area contributed by atoms with E-state index in [1.165, 1.54) is 43.3 Å². The number of nitro groups is 1. The lowest BCUT2D eigenvalue weighted by molar-refractivity contribution is -0.385. The van der Waals surface area contributed by atoms with E-state index in [2.05, 4.69) is 0 Å². The van der Waals surface area contributed by atoms with E-state index in [0.717, 1.165) is 5.39 Å². The molecule has 166 valence electrons. The highest BCUT2D eigenvalue weighted by atomic mass is 32.2. The Hall–Kier alpha value is -3.79. The minimum absolute atomic E-state index is 0.0447. The zero-order valence-corrected chi connectivity index (χ0v) is 17.9. The van der Waals surface area contributed by atoms with Crippen LogP contribution >= 0.6 is 0 Å². The summed E-state index contributed by atoms with van der Waals surface area (Å²) >= 11 is 0. The van der Waals surface area contributed by atoms with Crippen molar-refractivity contribution in [3.05, 3.63) is 82.4 Å². The van der Waals surface area contributed by atoms with Gasteiger partial charge in [0, 0.05) is 18.1 Å². The fraction of sp³-hybridized carbons (Fsp3) is 0.182. The molecule has 10 heteroatoms. The largest absolute Gasteiger partial charge is 0.465 e. The SMILES string of the molecule is CCOC(=O)C(Cc1ccccc1[N+](=O)[O-])C(=O)NS(=O)(=O)c1ccc2ccccc2c1. The van der Waals surface area contributed by atoms with Crippen LogP contribution in [0.4, 0.5) is 5.69 Å². The summed E-state index contributed by atoms with van der Waals surface area (Å²) in [6, 6.07) is 17.1. The van der Waals surface area contributed by atoms with Gasteiger partial charge in [-0.1, -0.05) is 48.5 Å². The molecule has 3 aromatic carbocycles. The van der Waals surface area contributed by atoms with Gasteiger partial charge in [-0.2, -0.15) is 0 Å². The predicted molar refractivity (Wildman–Crippen MR) is 116 cm³/mol. The molecular formula is C22H20N2O7S. The maximum absolute atomic E-state index is 12.8. The van der Waals surface area contributed by atoms with Crippen LogP contribution < -0.4 is 4.72 Å². The highest BCUT2D eigenvalue weighted by Gasteiger charge is 2.33. The number of rotatable bonds is 8. The standard InChI is InChI=1S/C22H20N2O7S/c1-2-31-22(26)19(14-17-9-5-6-10-20(17)24(27)28)21(25)23-32(29,30)18-12-11-15-7-3-4-8-16(15)13-18/h3-13,19H,2,14H2,1H3,(H,23,25). The van der Waals surface area contributed by atoms with Crippen LogP contribution in [0.2, 0.25) is 0 Å². The maximum atomic E-state index is 12.8. The van der Waals surface area contributed by atoms with Crippen LogP contribution in [0.3, 0.4) is 0 Å². The van der Waals surface area contributed by atoms with Gasteiger partial charge < -0.3 is 4.74 Å². The van der Waals surface area contributed by atoms with Crippen LogP contribution in [0.25, 0.3) is 10.8 Å². The van der Waals surface area contributed by atoms with Gasteiger partial charge in [0.2, 0.25) is 5.91 Å². The molecule has 1 atom stereocenters. The van der Waals surface area contributed by atoms with Crippen molar-refractivity contribution >= 4 is 38.4 Å². The summed E-state index contributed by atoms with van der Waals surface area (Å²) < 4.78 is 32.4. The van der Waals surface area contributed by atoms with Gasteiger partial charge in [-0.25, -0.2) is 13.1 Å². The molecule has 0 bridgehead atoms. The van der Waals surface area contributed by atoms with Gasteiger partial charge in [-0.15, -0.1) is 0 Å². The first kappa shape index (κ1) is 22.9. The number of hydrogen-bond acceptors (Lipinski definition) is 7. The first-order chi connectivity index (χ1) is 15.2. The normalized spacial score (nSPS) is 12.2. The fourth-order valence-electron chi connectivity index (χ4n) is 3.20. The van der Waals surface area contributed by atoms with E-state index in [1.54, 1.807) is 18.2 Å². The summed E-state index contributed by atoms with van der Waals surface area (Å²) in [6.07, 6.45) is -0.394. The zero-order chi connectivity index (χ0) is 23.3. The van der Waals surface area contributed by atoms with E-state index in [1.807, 2.05) is 16.9 Å². The van der Waals surface area contributed by atoms with Crippen molar-refractivity contribution in [3.63, 3.8) is 0 Å². The van der Waals surface area contributed by atoms with Gasteiger partial charge in [0.25, 0.3) is 15.7 Å². The average Bonchev–Trinajstić information content (AvgIpc) is 2.77. The second-order valence-corrected chi connectivity index (χ2v) is 8.56. The molecule has 0 spiro atoms. The van der Waals surface area contributed by atoms with E-state index in [9.17, 15) is 28.1 Å². The number of benzene rings is 3. The lowest BCUT2D eigenvalue weighted by atomic mass is 9.97. The number of nitrogens with one attached hydrogen (secondary N) is 1. The van der Waals surface area contributed by atoms with E-state index in [-0.39, 0.29) is 22.8 Å². The monoisotopic (exact) mass is 456 g/mol. The number of para-hydroxylation sites is 1. The van der Waals surface area contributed by atoms with Crippen LogP contribution in [0.1, 0.15) is 12.5 Å². The van der Waals surface area contributed by atoms with Gasteiger partial charge in [-0.3, -0.25) is 19.7 Å². The molecule has 1 N–H and O–H groups in total. The van der Waals surface area contributed by atoms with Crippen LogP contribution in [0.15, 0.2) is 71.6 Å². The summed E-state index contributed by atoms with van der Waals surface area (Å²) in [5, 5.41) is 12.8. The zero-order valence-electron chi connectivity index (χ0n) is 17.1. The van der Waals surface area contributed by atoms with Gasteiger partial charge in [0.15, 0.2) is 0 Å². The summed E-state index contributed by atoms with van der Waals surface area (Å²) in [5.41, 5.74) is -0.180. The number of carbonyl (C=O) groups excluding carboxylic acids is 2. The average molecular weight is 456 g/mol. The lowest BCUT2D eigenvalue weighted by Gasteiger charge is -2.16. The predicted octanol–water partition coefficient (Wildman–Crippen LogP) is 2.97. The minimum Gasteiger partial charge on any atom is -0.465 e. The Balaban J connectivity index is 1.90. The van der Waals surface area contributed by atoms with Crippen molar-refractivity contribution in [1.29, 1.82) is 0 Å². The third-order valence-corrected chi connectivity index (χ3v) is 6.11. The fourth-order valence-corrected chi connectivity index (χ4v) is 4.26. The molecule has 0 saturated carbocycles. The quantitative estimate of drug-likeness (QED) is 0.238. The molecule has 1 unspecified atom stereocenters. The Morgan fingerprint density at radius 2 is 1.69 bits per heavy atom. The molecule has 9 nitrogen and oxygen atoms in total. The molecule has 0 fully saturated rings. The van der Waals surface area contributed by atoms with Gasteiger partial charge >= 0.3 is 5.97 Å². The Kier molecular flexibility index (Phi) is 6.84. The third-order valence-electron chi connectivity index (χ3n) is 4.77. The van der Waals surface area contributed by atoms with Gasteiger partial charge in [0.1, 0.15) is 5.92 Å². The minimum atomic E-state index is -4.30. The Morgan fingerprint density at radius 3 is 2.38 bits per heavy atom. The van der Waals surface area contributed by atoms with Crippen molar-refractivity contribution in [2.24, 2.45) is 5.92 Å². The Labute approximate surface area is 184 Å². The molecule has 0 aliphatic carbocycles. The highest BCUT2D eigenvalue weighted by Crippen LogP contribution is 2.23. The molecule has 0 aliphatic rings. The molecule has 0 heterocycles. The first-order valence-corrected chi connectivity index (χ1v) is 11.2. The van der Waals surface area contributed by atoms with E-state index >= 15 is 0 Å². The summed E-state index contributed by atoms with van der Waals surface area (Å²) in [6.45, 7) is 1.49. The lowest BCUT2D eigenvalue weighted by Crippen LogP contribution is -2.40. The number of fused-ring (bicyclic) bond motifs is 1. The second kappa shape index (κ2) is 9.56. The summed E-state index contributed by atoms with van der Waals surface area (Å²) in [5.74, 6) is -3.70. The number of nitrogens with zero attached hydrogens (tertiary/aromatic N) is 1. The molecule has 3 aromatic rings. The van der Waals surface area contributed by atoms with Crippen molar-refractivity contribution in [1.82, 2.24) is 4.72 Å². The van der Waals surface area contributed by atoms with Crippen molar-refractivity contribution in [2.45, 2.75) is 18.2 Å². The molecule has 32 heavy (non-hydrogen) atoms. The third kappa shape index (κ3) is 5.09. The number of nitro benzene ring substituents is 1. The van der Waals surface area contributed by atoms with Crippen molar-refractivity contribution in [3.8, 4) is 0 Å². The molecule has 0 radical (unpaired) electrons. The van der Waals surface area contributed by atoms with E-state index in [4.69, 9.17) is 4.74 Å². The van der Waals surface area contributed by atoms with Crippen LogP contribution in [-0.2, 0) is 30.8 Å². The number of esters is 1. The molecule has 0 saturated heterocycles. The molecular weight excluding hydrogens is 436 g/mol. The maximum Gasteiger partial charge on any atom is 0.318 e. The Bertz CT molecular complexity index is 1290. The second-order valence-electron chi connectivity index (χ2n) is 6.87.